The summed E-state index contributed by atoms with van der Waals surface area (Å²) < 4.78 is 3.58. The number of hydrogen-bond acceptors (Lipinski definition) is 4. The molecule has 0 saturated carbocycles. The summed E-state index contributed by atoms with van der Waals surface area (Å²) in [4.78, 5) is 24.9. The molecule has 29 heavy (non-hydrogen) atoms. The smallest absolute Gasteiger partial charge is 0.262 e. The molecule has 2 atom stereocenters. The first-order chi connectivity index (χ1) is 13.8. The number of para-hydroxylation sites is 2. The zero-order valence-corrected chi connectivity index (χ0v) is 17.6. The van der Waals surface area contributed by atoms with Crippen LogP contribution in [0.15, 0.2) is 30.6 Å². The second kappa shape index (κ2) is 10.4. The van der Waals surface area contributed by atoms with Gasteiger partial charge < -0.3 is 20.8 Å². The Labute approximate surface area is 171 Å². The molecule has 0 radical (unpaired) electrons. The van der Waals surface area contributed by atoms with Crippen LogP contribution >= 0.6 is 0 Å². The van der Waals surface area contributed by atoms with E-state index < -0.39 is 0 Å². The lowest BCUT2D eigenvalue weighted by atomic mass is 10.1. The second-order valence-corrected chi connectivity index (χ2v) is 8.06. The van der Waals surface area contributed by atoms with E-state index in [2.05, 4.69) is 10.6 Å². The number of imidazole rings is 1. The molecule has 0 aliphatic carbocycles. The molecule has 160 valence electrons. The fourth-order valence-corrected chi connectivity index (χ4v) is 3.16. The summed E-state index contributed by atoms with van der Waals surface area (Å²) in [5.41, 5.74) is 1.67. The quantitative estimate of drug-likeness (QED) is 0.424. The summed E-state index contributed by atoms with van der Waals surface area (Å²) in [7, 11) is 0. The van der Waals surface area contributed by atoms with Crippen LogP contribution < -0.4 is 15.2 Å². The minimum absolute atomic E-state index is 0.0869. The molecule has 2 rings (SSSR count). The minimum atomic E-state index is -0.298. The van der Waals surface area contributed by atoms with Crippen molar-refractivity contribution in [1.82, 2.24) is 15.2 Å². The molecule has 0 saturated heterocycles. The lowest BCUT2D eigenvalue weighted by Crippen LogP contribution is -2.48. The molecule has 4 N–H and O–H groups in total. The Kier molecular flexibility index (Phi) is 8.16. The maximum absolute atomic E-state index is 12.5. The fourth-order valence-electron chi connectivity index (χ4n) is 3.16. The van der Waals surface area contributed by atoms with Crippen molar-refractivity contribution in [2.24, 2.45) is 11.8 Å². The van der Waals surface area contributed by atoms with Gasteiger partial charge in [-0.25, -0.2) is 9.13 Å². The number of benzene rings is 1. The molecule has 0 aliphatic rings. The topological polar surface area (TPSA) is 107 Å². The highest BCUT2D eigenvalue weighted by molar-refractivity contribution is 5.80. The van der Waals surface area contributed by atoms with E-state index in [0.717, 1.165) is 11.0 Å². The molecule has 1 heterocycles. The Morgan fingerprint density at radius 2 is 1.52 bits per heavy atom. The molecule has 1 aromatic carbocycles. The number of rotatable bonds is 10. The number of aromatic nitrogens is 2. The minimum Gasteiger partial charge on any atom is -0.394 e. The van der Waals surface area contributed by atoms with E-state index in [1.165, 1.54) is 0 Å². The molecule has 8 nitrogen and oxygen atoms in total. The van der Waals surface area contributed by atoms with Crippen molar-refractivity contribution in [3.8, 4) is 0 Å². The van der Waals surface area contributed by atoms with Gasteiger partial charge in [0.15, 0.2) is 24.1 Å². The summed E-state index contributed by atoms with van der Waals surface area (Å²) in [5.74, 6) is -0.149. The third-order valence-electron chi connectivity index (χ3n) is 5.10. The van der Waals surface area contributed by atoms with Gasteiger partial charge in [-0.15, -0.1) is 0 Å². The highest BCUT2D eigenvalue weighted by Gasteiger charge is 2.23. The maximum Gasteiger partial charge on any atom is 0.262 e. The van der Waals surface area contributed by atoms with E-state index in [0.29, 0.717) is 0 Å². The SMILES string of the molecule is CC(C)[C@@H](CO)NC(=O)Cn1c[n+](CC(=O)N[C@H](CO)C(C)C)c2ccccc21. The molecule has 0 unspecified atom stereocenters. The summed E-state index contributed by atoms with van der Waals surface area (Å²) in [5, 5.41) is 24.6. The summed E-state index contributed by atoms with van der Waals surface area (Å²) in [6.07, 6.45) is 1.75. The first-order valence-corrected chi connectivity index (χ1v) is 10.0. The number of nitrogens with one attached hydrogen (secondary N) is 2. The van der Waals surface area contributed by atoms with Gasteiger partial charge in [0.25, 0.3) is 11.8 Å². The number of carbonyl (C=O) groups is 2. The average Bonchev–Trinajstić information content (AvgIpc) is 3.01. The molecule has 2 aromatic rings. The zero-order chi connectivity index (χ0) is 21.6. The first kappa shape index (κ1) is 22.8. The zero-order valence-electron chi connectivity index (χ0n) is 17.6. The molecule has 0 fully saturated rings. The van der Waals surface area contributed by atoms with E-state index in [-0.39, 0.29) is 62.0 Å². The highest BCUT2D eigenvalue weighted by Crippen LogP contribution is 2.11. The highest BCUT2D eigenvalue weighted by atomic mass is 16.3. The lowest BCUT2D eigenvalue weighted by Gasteiger charge is -2.19. The second-order valence-electron chi connectivity index (χ2n) is 8.06. The van der Waals surface area contributed by atoms with Crippen molar-refractivity contribution in [2.75, 3.05) is 13.2 Å². The fraction of sp³-hybridized carbons (Fsp3) is 0.571. The molecule has 1 aromatic heterocycles. The van der Waals surface area contributed by atoms with E-state index in [9.17, 15) is 19.8 Å². The van der Waals surface area contributed by atoms with Gasteiger partial charge >= 0.3 is 0 Å². The van der Waals surface area contributed by atoms with Crippen LogP contribution in [0.1, 0.15) is 27.7 Å². The number of amides is 2. The van der Waals surface area contributed by atoms with Crippen LogP contribution in [0.3, 0.4) is 0 Å². The normalized spacial score (nSPS) is 13.7. The largest absolute Gasteiger partial charge is 0.394 e. The number of aliphatic hydroxyl groups is 2. The van der Waals surface area contributed by atoms with E-state index in [1.54, 1.807) is 15.5 Å². The van der Waals surface area contributed by atoms with Crippen LogP contribution in [-0.2, 0) is 22.7 Å². The van der Waals surface area contributed by atoms with Gasteiger partial charge in [0.05, 0.1) is 25.3 Å². The number of aliphatic hydroxyl groups excluding tert-OH is 2. The average molecular weight is 406 g/mol. The predicted molar refractivity (Wildman–Crippen MR) is 110 cm³/mol. The monoisotopic (exact) mass is 405 g/mol. The number of hydrogen-bond donors (Lipinski definition) is 4. The van der Waals surface area contributed by atoms with Crippen LogP contribution in [0, 0.1) is 11.8 Å². The van der Waals surface area contributed by atoms with Crippen LogP contribution in [0.4, 0.5) is 0 Å². The van der Waals surface area contributed by atoms with Crippen molar-refractivity contribution < 1.29 is 24.4 Å². The molecular weight excluding hydrogens is 372 g/mol. The third-order valence-corrected chi connectivity index (χ3v) is 5.10. The third kappa shape index (κ3) is 6.01. The van der Waals surface area contributed by atoms with Gasteiger partial charge in [0.1, 0.15) is 0 Å². The lowest BCUT2D eigenvalue weighted by molar-refractivity contribution is -0.659. The number of nitrogens with zero attached hydrogens (tertiary/aromatic N) is 2. The van der Waals surface area contributed by atoms with Gasteiger partial charge in [-0.3, -0.25) is 9.59 Å². The van der Waals surface area contributed by atoms with Gasteiger partial charge in [-0.05, 0) is 24.0 Å². The Hall–Kier alpha value is -2.45. The number of carbonyl (C=O) groups excluding carboxylic acids is 2. The van der Waals surface area contributed by atoms with Crippen LogP contribution in [0.2, 0.25) is 0 Å². The molecule has 8 heteroatoms. The van der Waals surface area contributed by atoms with Crippen LogP contribution in [-0.4, -0.2) is 51.9 Å². The van der Waals surface area contributed by atoms with Crippen LogP contribution in [0.25, 0.3) is 11.0 Å². The molecule has 0 spiro atoms. The van der Waals surface area contributed by atoms with Crippen molar-refractivity contribution >= 4 is 22.8 Å². The van der Waals surface area contributed by atoms with E-state index in [4.69, 9.17) is 0 Å². The standard InChI is InChI=1S/C21H32N4O4/c1-14(2)16(11-26)22-20(28)9-24-13-25(19-8-6-5-7-18(19)24)10-21(29)23-17(12-27)15(3)4/h5-8,13-17,26-27H,9-12H2,1-4H3,(H-,22,23,28,29)/p+1/t16-,17-/m1/s1. The number of fused-ring (bicyclic) bond motifs is 1. The van der Waals surface area contributed by atoms with Crippen molar-refractivity contribution in [1.29, 1.82) is 0 Å². The van der Waals surface area contributed by atoms with Gasteiger partial charge in [-0.1, -0.05) is 39.8 Å². The van der Waals surface area contributed by atoms with Crippen molar-refractivity contribution in [2.45, 2.75) is 52.9 Å². The Balaban J connectivity index is 2.18. The van der Waals surface area contributed by atoms with Gasteiger partial charge in [-0.2, -0.15) is 0 Å². The summed E-state index contributed by atoms with van der Waals surface area (Å²) in [6, 6.07) is 6.96. The van der Waals surface area contributed by atoms with Crippen molar-refractivity contribution in [3.63, 3.8) is 0 Å². The Bertz CT molecular complexity index is 765. The maximum atomic E-state index is 12.5. The van der Waals surface area contributed by atoms with Gasteiger partial charge in [0, 0.05) is 0 Å². The van der Waals surface area contributed by atoms with Gasteiger partial charge in [0.2, 0.25) is 6.33 Å². The molecule has 2 amide bonds. The summed E-state index contributed by atoms with van der Waals surface area (Å²) >= 11 is 0. The summed E-state index contributed by atoms with van der Waals surface area (Å²) in [6.45, 7) is 7.71. The van der Waals surface area contributed by atoms with E-state index in [1.807, 2.05) is 52.0 Å². The predicted octanol–water partition coefficient (Wildman–Crippen LogP) is 0.195. The molecule has 0 aliphatic heterocycles. The Morgan fingerprint density at radius 3 is 2.07 bits per heavy atom. The molecule has 0 bridgehead atoms. The van der Waals surface area contributed by atoms with Crippen LogP contribution in [0.5, 0.6) is 0 Å². The first-order valence-electron chi connectivity index (χ1n) is 10.0. The Morgan fingerprint density at radius 1 is 0.966 bits per heavy atom. The van der Waals surface area contributed by atoms with Crippen molar-refractivity contribution in [3.05, 3.63) is 30.6 Å². The van der Waals surface area contributed by atoms with E-state index >= 15 is 0 Å². The molecular formula is C21H33N4O4+.